The van der Waals surface area contributed by atoms with Crippen molar-refractivity contribution >= 4 is 28.7 Å². The van der Waals surface area contributed by atoms with E-state index in [2.05, 4.69) is 4.98 Å². The smallest absolute Gasteiger partial charge is 0.174 e. The molecule has 1 aliphatic rings. The van der Waals surface area contributed by atoms with Crippen LogP contribution in [-0.2, 0) is 12.8 Å². The standard InChI is InChI=1S/C14H12ClNOS/c15-10-4-1-3-9(7-10)8-13-16-11-5-2-6-12(17)14(11)18-13/h1,3-4,7H,2,5-6,8H2. The predicted molar refractivity (Wildman–Crippen MR) is 73.6 cm³/mol. The Balaban J connectivity index is 1.88. The van der Waals surface area contributed by atoms with E-state index in [0.717, 1.165) is 45.4 Å². The number of carbonyl (C=O) groups excluding carboxylic acids is 1. The van der Waals surface area contributed by atoms with Crippen LogP contribution in [0.1, 0.15) is 38.8 Å². The van der Waals surface area contributed by atoms with Crippen molar-refractivity contribution < 1.29 is 4.79 Å². The molecule has 0 amide bonds. The molecule has 4 heteroatoms. The topological polar surface area (TPSA) is 30.0 Å². The summed E-state index contributed by atoms with van der Waals surface area (Å²) in [6.45, 7) is 0. The number of benzene rings is 1. The molecule has 1 aliphatic carbocycles. The van der Waals surface area contributed by atoms with Crippen LogP contribution in [0.25, 0.3) is 0 Å². The molecule has 0 fully saturated rings. The molecule has 0 aliphatic heterocycles. The minimum absolute atomic E-state index is 0.256. The van der Waals surface area contributed by atoms with E-state index >= 15 is 0 Å². The number of rotatable bonds is 2. The summed E-state index contributed by atoms with van der Waals surface area (Å²) in [4.78, 5) is 17.2. The first-order valence-electron chi connectivity index (χ1n) is 5.98. The number of hydrogen-bond donors (Lipinski definition) is 0. The molecule has 0 spiro atoms. The maximum absolute atomic E-state index is 11.8. The lowest BCUT2D eigenvalue weighted by Gasteiger charge is -2.06. The van der Waals surface area contributed by atoms with Gasteiger partial charge in [-0.1, -0.05) is 23.7 Å². The molecule has 0 N–H and O–H groups in total. The highest BCUT2D eigenvalue weighted by Crippen LogP contribution is 2.28. The lowest BCUT2D eigenvalue weighted by Crippen LogP contribution is -2.07. The van der Waals surface area contributed by atoms with Crippen molar-refractivity contribution in [3.8, 4) is 0 Å². The number of carbonyl (C=O) groups is 1. The summed E-state index contributed by atoms with van der Waals surface area (Å²) < 4.78 is 0. The van der Waals surface area contributed by atoms with E-state index < -0.39 is 0 Å². The number of hydrogen-bond acceptors (Lipinski definition) is 3. The van der Waals surface area contributed by atoms with Crippen molar-refractivity contribution in [3.63, 3.8) is 0 Å². The van der Waals surface area contributed by atoms with E-state index in [1.54, 1.807) is 11.3 Å². The predicted octanol–water partition coefficient (Wildman–Crippen LogP) is 3.91. The van der Waals surface area contributed by atoms with Crippen molar-refractivity contribution in [2.45, 2.75) is 25.7 Å². The Morgan fingerprint density at radius 3 is 3.00 bits per heavy atom. The molecule has 2 nitrogen and oxygen atoms in total. The molecular formula is C14H12ClNOS. The van der Waals surface area contributed by atoms with Crippen LogP contribution in [0.5, 0.6) is 0 Å². The van der Waals surface area contributed by atoms with Crippen LogP contribution in [0.2, 0.25) is 5.02 Å². The lowest BCUT2D eigenvalue weighted by molar-refractivity contribution is 0.0976. The van der Waals surface area contributed by atoms with Crippen LogP contribution >= 0.6 is 22.9 Å². The van der Waals surface area contributed by atoms with E-state index in [1.165, 1.54) is 0 Å². The van der Waals surface area contributed by atoms with Crippen molar-refractivity contribution in [3.05, 3.63) is 50.4 Å². The summed E-state index contributed by atoms with van der Waals surface area (Å²) in [6, 6.07) is 7.79. The largest absolute Gasteiger partial charge is 0.293 e. The van der Waals surface area contributed by atoms with Crippen molar-refractivity contribution in [1.29, 1.82) is 0 Å². The SMILES string of the molecule is O=C1CCCc2nc(Cc3cccc(Cl)c3)sc21. The second kappa shape index (κ2) is 4.82. The second-order valence-electron chi connectivity index (χ2n) is 4.47. The highest BCUT2D eigenvalue weighted by Gasteiger charge is 2.21. The number of aryl methyl sites for hydroxylation is 1. The molecule has 1 heterocycles. The molecule has 3 rings (SSSR count). The van der Waals surface area contributed by atoms with Gasteiger partial charge < -0.3 is 0 Å². The van der Waals surface area contributed by atoms with Crippen molar-refractivity contribution in [2.24, 2.45) is 0 Å². The summed E-state index contributed by atoms with van der Waals surface area (Å²) in [5.74, 6) is 0.256. The summed E-state index contributed by atoms with van der Waals surface area (Å²) in [5, 5.41) is 1.75. The molecular weight excluding hydrogens is 266 g/mol. The highest BCUT2D eigenvalue weighted by molar-refractivity contribution is 7.13. The first kappa shape index (κ1) is 11.9. The molecule has 1 aromatic carbocycles. The third-order valence-corrected chi connectivity index (χ3v) is 4.43. The highest BCUT2D eigenvalue weighted by atomic mass is 35.5. The summed E-state index contributed by atoms with van der Waals surface area (Å²) in [7, 11) is 0. The quantitative estimate of drug-likeness (QED) is 0.833. The van der Waals surface area contributed by atoms with E-state index in [0.29, 0.717) is 6.42 Å². The van der Waals surface area contributed by atoms with Gasteiger partial charge in [-0.2, -0.15) is 0 Å². The van der Waals surface area contributed by atoms with Gasteiger partial charge >= 0.3 is 0 Å². The van der Waals surface area contributed by atoms with Crippen molar-refractivity contribution in [2.75, 3.05) is 0 Å². The normalized spacial score (nSPS) is 14.6. The first-order valence-corrected chi connectivity index (χ1v) is 7.18. The molecule has 0 unspecified atom stereocenters. The van der Waals surface area contributed by atoms with Gasteiger partial charge in [-0.15, -0.1) is 11.3 Å². The second-order valence-corrected chi connectivity index (χ2v) is 5.99. The minimum Gasteiger partial charge on any atom is -0.293 e. The molecule has 0 saturated heterocycles. The van der Waals surface area contributed by atoms with E-state index in [1.807, 2.05) is 24.3 Å². The third-order valence-electron chi connectivity index (χ3n) is 3.06. The first-order chi connectivity index (χ1) is 8.72. The Morgan fingerprint density at radius 1 is 1.33 bits per heavy atom. The summed E-state index contributed by atoms with van der Waals surface area (Å²) >= 11 is 7.50. The summed E-state index contributed by atoms with van der Waals surface area (Å²) in [5.41, 5.74) is 2.13. The molecule has 2 aromatic rings. The van der Waals surface area contributed by atoms with Gasteiger partial charge in [0.15, 0.2) is 5.78 Å². The van der Waals surface area contributed by atoms with Crippen LogP contribution < -0.4 is 0 Å². The number of thiazole rings is 1. The minimum atomic E-state index is 0.256. The number of aromatic nitrogens is 1. The fourth-order valence-electron chi connectivity index (χ4n) is 2.22. The van der Waals surface area contributed by atoms with Gasteiger partial charge in [0.05, 0.1) is 15.6 Å². The fourth-order valence-corrected chi connectivity index (χ4v) is 3.54. The van der Waals surface area contributed by atoms with Gasteiger partial charge in [-0.25, -0.2) is 4.98 Å². The molecule has 0 saturated carbocycles. The Hall–Kier alpha value is -1.19. The van der Waals surface area contributed by atoms with Gasteiger partial charge in [-0.05, 0) is 30.5 Å². The Labute approximate surface area is 115 Å². The maximum Gasteiger partial charge on any atom is 0.174 e. The van der Waals surface area contributed by atoms with Crippen LogP contribution in [0.4, 0.5) is 0 Å². The fraction of sp³-hybridized carbons (Fsp3) is 0.286. The van der Waals surface area contributed by atoms with Gasteiger partial charge in [0.2, 0.25) is 0 Å². The van der Waals surface area contributed by atoms with E-state index in [4.69, 9.17) is 11.6 Å². The van der Waals surface area contributed by atoms with Crippen LogP contribution in [-0.4, -0.2) is 10.8 Å². The van der Waals surface area contributed by atoms with Gasteiger partial charge in [0, 0.05) is 17.9 Å². The molecule has 1 aromatic heterocycles. The van der Waals surface area contributed by atoms with Gasteiger partial charge in [0.1, 0.15) is 0 Å². The van der Waals surface area contributed by atoms with E-state index in [9.17, 15) is 4.79 Å². The number of fused-ring (bicyclic) bond motifs is 1. The molecule has 18 heavy (non-hydrogen) atoms. The average molecular weight is 278 g/mol. The Bertz CT molecular complexity index is 606. The van der Waals surface area contributed by atoms with Gasteiger partial charge in [0.25, 0.3) is 0 Å². The Morgan fingerprint density at radius 2 is 2.22 bits per heavy atom. The average Bonchev–Trinajstić information content (AvgIpc) is 2.73. The zero-order chi connectivity index (χ0) is 12.5. The van der Waals surface area contributed by atoms with Crippen LogP contribution in [0, 0.1) is 0 Å². The third kappa shape index (κ3) is 2.33. The van der Waals surface area contributed by atoms with Crippen LogP contribution in [0.3, 0.4) is 0 Å². The van der Waals surface area contributed by atoms with E-state index in [-0.39, 0.29) is 5.78 Å². The Kier molecular flexibility index (Phi) is 3.18. The number of halogens is 1. The van der Waals surface area contributed by atoms with Gasteiger partial charge in [-0.3, -0.25) is 4.79 Å². The summed E-state index contributed by atoms with van der Waals surface area (Å²) in [6.07, 6.45) is 3.30. The molecule has 0 radical (unpaired) electrons. The van der Waals surface area contributed by atoms with Crippen molar-refractivity contribution in [1.82, 2.24) is 4.98 Å². The molecule has 0 bridgehead atoms. The van der Waals surface area contributed by atoms with Crippen LogP contribution in [0.15, 0.2) is 24.3 Å². The maximum atomic E-state index is 11.8. The number of ketones is 1. The monoisotopic (exact) mass is 277 g/mol. The molecule has 0 atom stereocenters. The lowest BCUT2D eigenvalue weighted by atomic mass is 10.0. The number of Topliss-reactive ketones (excluding diaryl/α,β-unsaturated/α-hetero) is 1. The molecule has 92 valence electrons. The number of nitrogens with zero attached hydrogens (tertiary/aromatic N) is 1. The zero-order valence-electron chi connectivity index (χ0n) is 9.78. The zero-order valence-corrected chi connectivity index (χ0v) is 11.4.